The Balaban J connectivity index is 2.67. The summed E-state index contributed by atoms with van der Waals surface area (Å²) in [5.74, 6) is -1.78. The van der Waals surface area contributed by atoms with Gasteiger partial charge in [0.2, 0.25) is 0 Å². The first-order valence-corrected chi connectivity index (χ1v) is 5.60. The number of aliphatic hydroxyl groups is 3. The lowest BCUT2D eigenvalue weighted by atomic mass is 10.1. The van der Waals surface area contributed by atoms with Crippen LogP contribution in [0.5, 0.6) is 0 Å². The van der Waals surface area contributed by atoms with Crippen molar-refractivity contribution in [3.05, 3.63) is 26.9 Å². The number of halogens is 1. The van der Waals surface area contributed by atoms with E-state index in [1.165, 1.54) is 0 Å². The van der Waals surface area contributed by atoms with Crippen molar-refractivity contribution in [2.24, 2.45) is 0 Å². The zero-order valence-corrected chi connectivity index (χ0v) is 10.5. The molecule has 1 aliphatic heterocycles. The lowest BCUT2D eigenvalue weighted by molar-refractivity contribution is -0.207. The fourth-order valence-corrected chi connectivity index (χ4v) is 1.83. The van der Waals surface area contributed by atoms with Gasteiger partial charge in [-0.25, -0.2) is 9.18 Å². The number of aromatic nitrogens is 2. The number of terminal acetylenes is 1. The largest absolute Gasteiger partial charge is 0.390 e. The SMILES string of the molecule is [2H]C([2H])(O)[C@@]1(F)O[C@@]([2H])(n2cc(C#C)c(=S)[nH]c2=O)[C@H](O)[C@@H]1O. The molecule has 7 nitrogen and oxygen atoms in total. The van der Waals surface area contributed by atoms with Gasteiger partial charge in [-0.1, -0.05) is 18.1 Å². The Hall–Kier alpha value is -1.57. The van der Waals surface area contributed by atoms with Gasteiger partial charge in [-0.15, -0.1) is 6.42 Å². The van der Waals surface area contributed by atoms with Crippen LogP contribution in [0.4, 0.5) is 4.39 Å². The topological polar surface area (TPSA) is 108 Å². The minimum absolute atomic E-state index is 0.0973. The van der Waals surface area contributed by atoms with Crippen LogP contribution in [0.2, 0.25) is 0 Å². The molecule has 0 aliphatic carbocycles. The predicted octanol–water partition coefficient (Wildman–Crippen LogP) is -1.20. The average Bonchev–Trinajstić information content (AvgIpc) is 2.61. The third-order valence-corrected chi connectivity index (χ3v) is 3.00. The maximum absolute atomic E-state index is 14.5. The molecule has 0 aromatic carbocycles. The van der Waals surface area contributed by atoms with Crippen LogP contribution < -0.4 is 5.69 Å². The number of nitrogens with one attached hydrogen (secondary N) is 1. The van der Waals surface area contributed by atoms with Crippen molar-refractivity contribution in [2.75, 3.05) is 6.56 Å². The highest BCUT2D eigenvalue weighted by molar-refractivity contribution is 7.71. The van der Waals surface area contributed by atoms with Crippen molar-refractivity contribution in [3.63, 3.8) is 0 Å². The molecule has 0 unspecified atom stereocenters. The number of hydrogen-bond donors (Lipinski definition) is 4. The predicted molar refractivity (Wildman–Crippen MR) is 66.9 cm³/mol. The summed E-state index contributed by atoms with van der Waals surface area (Å²) in [5.41, 5.74) is -1.22. The van der Waals surface area contributed by atoms with Crippen LogP contribution in [-0.4, -0.2) is 49.5 Å². The van der Waals surface area contributed by atoms with E-state index in [0.29, 0.717) is 4.57 Å². The number of ether oxygens (including phenoxy) is 1. The van der Waals surface area contributed by atoms with E-state index in [0.717, 1.165) is 6.20 Å². The molecule has 20 heavy (non-hydrogen) atoms. The molecule has 2 heterocycles. The summed E-state index contributed by atoms with van der Waals surface area (Å²) >= 11 is 4.77. The average molecular weight is 305 g/mol. The van der Waals surface area contributed by atoms with Crippen molar-refractivity contribution in [1.29, 1.82) is 0 Å². The van der Waals surface area contributed by atoms with Crippen molar-refractivity contribution < 1.29 is 28.6 Å². The van der Waals surface area contributed by atoms with Gasteiger partial charge in [-0.3, -0.25) is 9.55 Å². The van der Waals surface area contributed by atoms with Crippen LogP contribution in [0.15, 0.2) is 11.0 Å². The standard InChI is InChI=1S/C11H11FN2O5S/c1-2-5-3-14(10(18)13-8(5)20)9-6(16)7(17)11(12,4-15)19-9/h1,3,6-7,9,15-17H,4H2,(H,13,18,20)/t6-,7+,9-,11-/m1/s1/i4D2,9D. The zero-order chi connectivity index (χ0) is 17.8. The molecular formula is C11H11FN2O5S. The highest BCUT2D eigenvalue weighted by atomic mass is 32.1. The number of aliphatic hydroxyl groups excluding tert-OH is 2. The summed E-state index contributed by atoms with van der Waals surface area (Å²) in [4.78, 5) is 14.0. The molecule has 4 N–H and O–H groups in total. The second-order valence-electron chi connectivity index (χ2n) is 3.90. The Morgan fingerprint density at radius 3 is 2.95 bits per heavy atom. The monoisotopic (exact) mass is 305 g/mol. The fourth-order valence-electron chi connectivity index (χ4n) is 1.63. The molecule has 2 rings (SSSR count). The quantitative estimate of drug-likeness (QED) is 0.404. The normalized spacial score (nSPS) is 39.6. The maximum Gasteiger partial charge on any atom is 0.328 e. The number of alkyl halides is 1. The maximum atomic E-state index is 14.5. The van der Waals surface area contributed by atoms with Crippen LogP contribution in [-0.2, 0) is 4.74 Å². The van der Waals surface area contributed by atoms with Gasteiger partial charge in [0.1, 0.15) is 23.4 Å². The minimum atomic E-state index is -3.86. The molecule has 0 amide bonds. The van der Waals surface area contributed by atoms with Crippen LogP contribution in [0.25, 0.3) is 0 Å². The molecule has 108 valence electrons. The molecule has 0 bridgehead atoms. The lowest BCUT2D eigenvalue weighted by Crippen LogP contribution is -2.42. The Bertz CT molecular complexity index is 803. The van der Waals surface area contributed by atoms with Crippen LogP contribution >= 0.6 is 12.2 Å². The first-order valence-electron chi connectivity index (χ1n) is 6.69. The number of H-pyrrole nitrogens is 1. The number of hydrogen-bond acceptors (Lipinski definition) is 6. The number of rotatable bonds is 2. The number of nitrogens with zero attached hydrogens (tertiary/aromatic N) is 1. The molecule has 1 aliphatic rings. The van der Waals surface area contributed by atoms with E-state index in [2.05, 4.69) is 15.6 Å². The second-order valence-corrected chi connectivity index (χ2v) is 4.31. The molecule has 1 aromatic rings. The van der Waals surface area contributed by atoms with E-state index in [1.807, 2.05) is 0 Å². The third kappa shape index (κ3) is 2.17. The molecule has 0 spiro atoms. The van der Waals surface area contributed by atoms with Crippen molar-refractivity contribution >= 4 is 12.2 Å². The summed E-state index contributed by atoms with van der Waals surface area (Å²) < 4.78 is 41.0. The first-order chi connectivity index (χ1) is 10.4. The molecule has 1 aromatic heterocycles. The van der Waals surface area contributed by atoms with Gasteiger partial charge in [0, 0.05) is 6.20 Å². The van der Waals surface area contributed by atoms with Gasteiger partial charge in [-0.05, 0) is 0 Å². The van der Waals surface area contributed by atoms with Crippen LogP contribution in [0.1, 0.15) is 15.9 Å². The van der Waals surface area contributed by atoms with E-state index in [1.54, 1.807) is 0 Å². The third-order valence-electron chi connectivity index (χ3n) is 2.67. The summed E-state index contributed by atoms with van der Waals surface area (Å²) in [5, 5.41) is 28.8. The van der Waals surface area contributed by atoms with E-state index in [4.69, 9.17) is 22.8 Å². The van der Waals surface area contributed by atoms with E-state index in [9.17, 15) is 24.5 Å². The molecule has 9 heteroatoms. The van der Waals surface area contributed by atoms with Gasteiger partial charge in [0.25, 0.3) is 5.85 Å². The lowest BCUT2D eigenvalue weighted by Gasteiger charge is -2.20. The van der Waals surface area contributed by atoms with Gasteiger partial charge in [-0.2, -0.15) is 0 Å². The Labute approximate surface area is 121 Å². The molecule has 0 saturated carbocycles. The van der Waals surface area contributed by atoms with Gasteiger partial charge in [0.05, 0.1) is 9.68 Å². The van der Waals surface area contributed by atoms with Gasteiger partial charge in [0.15, 0.2) is 6.20 Å². The van der Waals surface area contributed by atoms with Gasteiger partial charge >= 0.3 is 5.69 Å². The van der Waals surface area contributed by atoms with E-state index < -0.39 is 36.5 Å². The van der Waals surface area contributed by atoms with Crippen molar-refractivity contribution in [1.82, 2.24) is 9.55 Å². The fraction of sp³-hybridized carbons (Fsp3) is 0.455. The smallest absolute Gasteiger partial charge is 0.328 e. The summed E-state index contributed by atoms with van der Waals surface area (Å²) in [6.45, 7) is -3.77. The second kappa shape index (κ2) is 5.08. The molecule has 1 saturated heterocycles. The van der Waals surface area contributed by atoms with E-state index in [-0.39, 0.29) is 10.2 Å². The minimum Gasteiger partial charge on any atom is -0.390 e. The first kappa shape index (κ1) is 11.1. The van der Waals surface area contributed by atoms with Crippen molar-refractivity contribution in [3.8, 4) is 12.3 Å². The molecule has 1 fully saturated rings. The molecule has 0 radical (unpaired) electrons. The summed E-state index contributed by atoms with van der Waals surface area (Å²) in [6.07, 6.45) is -2.13. The zero-order valence-electron chi connectivity index (χ0n) is 12.7. The van der Waals surface area contributed by atoms with Crippen LogP contribution in [0.3, 0.4) is 0 Å². The molecular weight excluding hydrogens is 291 g/mol. The Morgan fingerprint density at radius 2 is 2.45 bits per heavy atom. The van der Waals surface area contributed by atoms with E-state index >= 15 is 0 Å². The summed E-state index contributed by atoms with van der Waals surface area (Å²) in [6, 6.07) is 0. The van der Waals surface area contributed by atoms with Gasteiger partial charge < -0.3 is 20.1 Å². The highest BCUT2D eigenvalue weighted by Crippen LogP contribution is 2.37. The Morgan fingerprint density at radius 1 is 1.80 bits per heavy atom. The highest BCUT2D eigenvalue weighted by Gasteiger charge is 2.55. The number of aromatic amines is 1. The van der Waals surface area contributed by atoms with Crippen LogP contribution in [0, 0.1) is 17.0 Å². The van der Waals surface area contributed by atoms with Crippen molar-refractivity contribution in [2.45, 2.75) is 24.3 Å². The Kier molecular flexibility index (Phi) is 2.83. The molecule has 4 atom stereocenters. The summed E-state index contributed by atoms with van der Waals surface area (Å²) in [7, 11) is 0.